The van der Waals surface area contributed by atoms with Gasteiger partial charge in [0.05, 0.1) is 10.9 Å². The molecule has 2 N–H and O–H groups in total. The number of thiol groups is 1. The second-order valence-electron chi connectivity index (χ2n) is 3.42. The van der Waals surface area contributed by atoms with Crippen LogP contribution in [0.1, 0.15) is 15.9 Å². The van der Waals surface area contributed by atoms with Gasteiger partial charge in [0.1, 0.15) is 0 Å². The predicted molar refractivity (Wildman–Crippen MR) is 59.9 cm³/mol. The number of benzene rings is 1. The summed E-state index contributed by atoms with van der Waals surface area (Å²) in [6, 6.07) is 5.72. The SMILES string of the molecule is Cc1ccc2c(c1)NC(S)CNC2=O. The van der Waals surface area contributed by atoms with E-state index in [0.717, 1.165) is 11.3 Å². The van der Waals surface area contributed by atoms with Gasteiger partial charge in [0.25, 0.3) is 5.91 Å². The zero-order valence-electron chi connectivity index (χ0n) is 7.87. The van der Waals surface area contributed by atoms with Crippen LogP contribution in [0.5, 0.6) is 0 Å². The highest BCUT2D eigenvalue weighted by molar-refractivity contribution is 7.81. The summed E-state index contributed by atoms with van der Waals surface area (Å²) in [4.78, 5) is 11.6. The smallest absolute Gasteiger partial charge is 0.253 e. The Morgan fingerprint density at radius 3 is 3.07 bits per heavy atom. The van der Waals surface area contributed by atoms with E-state index in [-0.39, 0.29) is 11.3 Å². The molecule has 0 aliphatic carbocycles. The molecule has 4 heteroatoms. The number of carbonyl (C=O) groups is 1. The Morgan fingerprint density at radius 1 is 1.50 bits per heavy atom. The molecule has 1 aliphatic heterocycles. The number of amides is 1. The third-order valence-corrected chi connectivity index (χ3v) is 2.51. The van der Waals surface area contributed by atoms with Crippen molar-refractivity contribution in [1.82, 2.24) is 5.32 Å². The molecule has 0 radical (unpaired) electrons. The zero-order chi connectivity index (χ0) is 10.1. The maximum absolute atomic E-state index is 11.6. The summed E-state index contributed by atoms with van der Waals surface area (Å²) in [7, 11) is 0. The van der Waals surface area contributed by atoms with Crippen molar-refractivity contribution in [3.63, 3.8) is 0 Å². The third kappa shape index (κ3) is 1.70. The lowest BCUT2D eigenvalue weighted by atomic mass is 10.1. The van der Waals surface area contributed by atoms with Crippen LogP contribution in [-0.2, 0) is 0 Å². The number of hydrogen-bond acceptors (Lipinski definition) is 3. The Hall–Kier alpha value is -1.16. The second-order valence-corrected chi connectivity index (χ2v) is 4.04. The van der Waals surface area contributed by atoms with Crippen LogP contribution >= 0.6 is 12.6 Å². The van der Waals surface area contributed by atoms with Crippen molar-refractivity contribution in [2.24, 2.45) is 0 Å². The van der Waals surface area contributed by atoms with Crippen molar-refractivity contribution in [2.45, 2.75) is 12.3 Å². The molecule has 0 fully saturated rings. The van der Waals surface area contributed by atoms with Gasteiger partial charge in [-0.1, -0.05) is 6.07 Å². The minimum absolute atomic E-state index is 0.0259. The molecule has 0 saturated carbocycles. The fraction of sp³-hybridized carbons (Fsp3) is 0.300. The zero-order valence-corrected chi connectivity index (χ0v) is 8.77. The molecule has 0 saturated heterocycles. The number of rotatable bonds is 0. The minimum Gasteiger partial charge on any atom is -0.371 e. The summed E-state index contributed by atoms with van der Waals surface area (Å²) in [6.07, 6.45) is 0. The summed E-state index contributed by atoms with van der Waals surface area (Å²) >= 11 is 4.30. The molecule has 1 heterocycles. The first kappa shape index (κ1) is 9.40. The van der Waals surface area contributed by atoms with E-state index < -0.39 is 0 Å². The Balaban J connectivity index is 2.47. The molecule has 1 unspecified atom stereocenters. The van der Waals surface area contributed by atoms with Crippen molar-refractivity contribution in [3.8, 4) is 0 Å². The number of fused-ring (bicyclic) bond motifs is 1. The maximum Gasteiger partial charge on any atom is 0.253 e. The lowest BCUT2D eigenvalue weighted by Gasteiger charge is -2.11. The van der Waals surface area contributed by atoms with E-state index in [4.69, 9.17) is 0 Å². The van der Waals surface area contributed by atoms with Gasteiger partial charge in [0.15, 0.2) is 0 Å². The van der Waals surface area contributed by atoms with Crippen molar-refractivity contribution < 1.29 is 4.79 Å². The van der Waals surface area contributed by atoms with E-state index >= 15 is 0 Å². The van der Waals surface area contributed by atoms with Crippen molar-refractivity contribution in [1.29, 1.82) is 0 Å². The van der Waals surface area contributed by atoms with Gasteiger partial charge in [-0.05, 0) is 24.6 Å². The molecular weight excluding hydrogens is 196 g/mol. The summed E-state index contributed by atoms with van der Waals surface area (Å²) in [5.74, 6) is -0.0379. The highest BCUT2D eigenvalue weighted by Gasteiger charge is 2.17. The first-order valence-electron chi connectivity index (χ1n) is 4.50. The minimum atomic E-state index is -0.0379. The van der Waals surface area contributed by atoms with Crippen LogP contribution < -0.4 is 10.6 Å². The molecule has 2 rings (SSSR count). The van der Waals surface area contributed by atoms with Crippen LogP contribution in [0, 0.1) is 6.92 Å². The number of nitrogens with one attached hydrogen (secondary N) is 2. The molecule has 1 aromatic rings. The molecule has 3 nitrogen and oxygen atoms in total. The molecule has 1 atom stereocenters. The van der Waals surface area contributed by atoms with E-state index in [1.807, 2.05) is 25.1 Å². The van der Waals surface area contributed by atoms with Gasteiger partial charge in [-0.15, -0.1) is 0 Å². The third-order valence-electron chi connectivity index (χ3n) is 2.20. The number of anilines is 1. The van der Waals surface area contributed by atoms with Gasteiger partial charge in [-0.25, -0.2) is 0 Å². The molecule has 1 aromatic carbocycles. The molecular formula is C10H12N2OS. The Morgan fingerprint density at radius 2 is 2.29 bits per heavy atom. The summed E-state index contributed by atoms with van der Waals surface area (Å²) < 4.78 is 0. The van der Waals surface area contributed by atoms with Gasteiger partial charge < -0.3 is 10.6 Å². The van der Waals surface area contributed by atoms with E-state index in [1.165, 1.54) is 0 Å². The van der Waals surface area contributed by atoms with Crippen molar-refractivity contribution in [2.75, 3.05) is 11.9 Å². The first-order valence-corrected chi connectivity index (χ1v) is 5.02. The lowest BCUT2D eigenvalue weighted by molar-refractivity contribution is 0.0957. The van der Waals surface area contributed by atoms with Crippen molar-refractivity contribution in [3.05, 3.63) is 29.3 Å². The van der Waals surface area contributed by atoms with Gasteiger partial charge in [0.2, 0.25) is 0 Å². The Labute approximate surface area is 88.3 Å². The van der Waals surface area contributed by atoms with Gasteiger partial charge in [-0.2, -0.15) is 12.6 Å². The Kier molecular flexibility index (Phi) is 2.37. The topological polar surface area (TPSA) is 41.1 Å². The van der Waals surface area contributed by atoms with E-state index in [2.05, 4.69) is 23.3 Å². The molecule has 1 aliphatic rings. The first-order chi connectivity index (χ1) is 6.66. The van der Waals surface area contributed by atoms with Gasteiger partial charge in [-0.3, -0.25) is 4.79 Å². The maximum atomic E-state index is 11.6. The molecule has 0 bridgehead atoms. The molecule has 1 amide bonds. The second kappa shape index (κ2) is 3.53. The van der Waals surface area contributed by atoms with Gasteiger partial charge in [0, 0.05) is 12.2 Å². The largest absolute Gasteiger partial charge is 0.371 e. The average molecular weight is 208 g/mol. The normalized spacial score (nSPS) is 20.4. The van der Waals surface area contributed by atoms with Crippen LogP contribution in [0.15, 0.2) is 18.2 Å². The molecule has 0 spiro atoms. The fourth-order valence-electron chi connectivity index (χ4n) is 1.49. The van der Waals surface area contributed by atoms with Crippen LogP contribution in [0.4, 0.5) is 5.69 Å². The number of hydrogen-bond donors (Lipinski definition) is 3. The highest BCUT2D eigenvalue weighted by atomic mass is 32.1. The van der Waals surface area contributed by atoms with Crippen LogP contribution in [0.2, 0.25) is 0 Å². The molecule has 0 aromatic heterocycles. The molecule has 14 heavy (non-hydrogen) atoms. The summed E-state index contributed by atoms with van der Waals surface area (Å²) in [5, 5.41) is 5.94. The van der Waals surface area contributed by atoms with Crippen LogP contribution in [0.25, 0.3) is 0 Å². The van der Waals surface area contributed by atoms with E-state index in [9.17, 15) is 4.79 Å². The quantitative estimate of drug-likeness (QED) is 0.564. The average Bonchev–Trinajstić information content (AvgIpc) is 2.26. The number of carbonyl (C=O) groups excluding carboxylic acids is 1. The highest BCUT2D eigenvalue weighted by Crippen LogP contribution is 2.21. The van der Waals surface area contributed by atoms with Crippen LogP contribution in [-0.4, -0.2) is 17.8 Å². The summed E-state index contributed by atoms with van der Waals surface area (Å²) in [5.41, 5.74) is 2.68. The fourth-order valence-corrected chi connectivity index (χ4v) is 1.72. The van der Waals surface area contributed by atoms with Crippen LogP contribution in [0.3, 0.4) is 0 Å². The number of aryl methyl sites for hydroxylation is 1. The summed E-state index contributed by atoms with van der Waals surface area (Å²) in [6.45, 7) is 2.54. The standard InChI is InChI=1S/C10H12N2OS/c1-6-2-3-7-8(4-6)12-9(14)5-11-10(7)13/h2-4,9,12,14H,5H2,1H3,(H,11,13). The Bertz CT molecular complexity index is 378. The predicted octanol–water partition coefficient (Wildman–Crippen LogP) is 1.41. The monoisotopic (exact) mass is 208 g/mol. The van der Waals surface area contributed by atoms with E-state index in [0.29, 0.717) is 12.1 Å². The molecule has 74 valence electrons. The van der Waals surface area contributed by atoms with E-state index in [1.54, 1.807) is 0 Å². The van der Waals surface area contributed by atoms with Gasteiger partial charge >= 0.3 is 0 Å². The lowest BCUT2D eigenvalue weighted by Crippen LogP contribution is -2.28. The van der Waals surface area contributed by atoms with Crippen molar-refractivity contribution >= 4 is 24.2 Å².